The zero-order valence-corrected chi connectivity index (χ0v) is 14.7. The maximum absolute atomic E-state index is 12.0. The van der Waals surface area contributed by atoms with Crippen molar-refractivity contribution in [2.45, 2.75) is 49.4 Å². The molecule has 0 aliphatic rings. The van der Waals surface area contributed by atoms with E-state index in [0.29, 0.717) is 11.7 Å². The monoisotopic (exact) mass is 340 g/mol. The summed E-state index contributed by atoms with van der Waals surface area (Å²) in [6.07, 6.45) is 1.63. The van der Waals surface area contributed by atoms with Crippen molar-refractivity contribution in [2.75, 3.05) is 5.32 Å². The molecule has 0 aliphatic heterocycles. The Labute approximate surface area is 138 Å². The van der Waals surface area contributed by atoms with Gasteiger partial charge in [0.05, 0.1) is 18.1 Å². The van der Waals surface area contributed by atoms with Gasteiger partial charge in [0.15, 0.2) is 4.34 Å². The molecule has 1 atom stereocenters. The first kappa shape index (κ1) is 16.8. The van der Waals surface area contributed by atoms with Crippen molar-refractivity contribution in [3.63, 3.8) is 0 Å². The van der Waals surface area contributed by atoms with Crippen LogP contribution in [-0.2, 0) is 11.3 Å². The molecule has 2 aromatic rings. The summed E-state index contributed by atoms with van der Waals surface area (Å²) in [5, 5.41) is 14.8. The summed E-state index contributed by atoms with van der Waals surface area (Å²) in [4.78, 5) is 12.0. The first-order valence-corrected chi connectivity index (χ1v) is 8.61. The van der Waals surface area contributed by atoms with E-state index in [4.69, 9.17) is 4.42 Å². The molecule has 8 heteroatoms. The lowest BCUT2D eigenvalue weighted by Crippen LogP contribution is -2.44. The molecule has 2 rings (SSSR count). The minimum absolute atomic E-state index is 0.00204. The molecule has 120 valence electrons. The second-order valence-electron chi connectivity index (χ2n) is 5.81. The molecule has 0 aliphatic carbocycles. The van der Waals surface area contributed by atoms with E-state index in [-0.39, 0.29) is 16.7 Å². The maximum Gasteiger partial charge on any atom is 0.233 e. The van der Waals surface area contributed by atoms with Gasteiger partial charge >= 0.3 is 0 Å². The minimum Gasteiger partial charge on any atom is -0.467 e. The third kappa shape index (κ3) is 5.34. The minimum atomic E-state index is -0.233. The number of amides is 1. The van der Waals surface area contributed by atoms with Gasteiger partial charge in [0, 0.05) is 5.54 Å². The van der Waals surface area contributed by atoms with E-state index in [0.717, 1.165) is 10.1 Å². The van der Waals surface area contributed by atoms with Gasteiger partial charge in [-0.05, 0) is 39.8 Å². The maximum atomic E-state index is 12.0. The highest BCUT2D eigenvalue weighted by Gasteiger charge is 2.21. The van der Waals surface area contributed by atoms with Crippen LogP contribution < -0.4 is 10.6 Å². The lowest BCUT2D eigenvalue weighted by atomic mass is 10.1. The molecular formula is C14H20N4O2S2. The summed E-state index contributed by atoms with van der Waals surface area (Å²) in [5.41, 5.74) is -0.233. The molecular weight excluding hydrogens is 320 g/mol. The van der Waals surface area contributed by atoms with Crippen molar-refractivity contribution in [2.24, 2.45) is 0 Å². The molecule has 0 spiro atoms. The topological polar surface area (TPSA) is 80.1 Å². The Hall–Kier alpha value is -1.54. The second kappa shape index (κ2) is 7.15. The number of aromatic nitrogens is 2. The van der Waals surface area contributed by atoms with Crippen LogP contribution in [0.1, 0.15) is 33.5 Å². The molecule has 2 heterocycles. The molecule has 2 N–H and O–H groups in total. The Morgan fingerprint density at radius 1 is 1.45 bits per heavy atom. The molecule has 6 nitrogen and oxygen atoms in total. The van der Waals surface area contributed by atoms with Crippen molar-refractivity contribution in [1.82, 2.24) is 15.5 Å². The van der Waals surface area contributed by atoms with E-state index in [2.05, 4.69) is 20.8 Å². The standard InChI is InChI=1S/C14H20N4O2S2/c1-9(11(19)16-14(2,3)4)21-13-18-17-12(22-13)15-8-10-6-5-7-20-10/h5-7,9H,8H2,1-4H3,(H,15,17)(H,16,19)/t9-/m1/s1. The number of nitrogens with one attached hydrogen (secondary N) is 2. The average Bonchev–Trinajstić information content (AvgIpc) is 3.05. The summed E-state index contributed by atoms with van der Waals surface area (Å²) in [6, 6.07) is 3.73. The lowest BCUT2D eigenvalue weighted by Gasteiger charge is -2.22. The number of carbonyl (C=O) groups excluding carboxylic acids is 1. The molecule has 0 saturated carbocycles. The van der Waals surface area contributed by atoms with Gasteiger partial charge < -0.3 is 15.1 Å². The number of hydrogen-bond donors (Lipinski definition) is 2. The van der Waals surface area contributed by atoms with Crippen LogP contribution in [0.15, 0.2) is 27.2 Å². The number of rotatable bonds is 6. The third-order valence-electron chi connectivity index (χ3n) is 2.55. The van der Waals surface area contributed by atoms with Gasteiger partial charge in [-0.15, -0.1) is 10.2 Å². The van der Waals surface area contributed by atoms with Crippen LogP contribution in [-0.4, -0.2) is 26.9 Å². The van der Waals surface area contributed by atoms with Crippen LogP contribution in [0.2, 0.25) is 0 Å². The highest BCUT2D eigenvalue weighted by Crippen LogP contribution is 2.29. The molecule has 0 aromatic carbocycles. The number of thioether (sulfide) groups is 1. The van der Waals surface area contributed by atoms with E-state index in [9.17, 15) is 4.79 Å². The quantitative estimate of drug-likeness (QED) is 0.787. The van der Waals surface area contributed by atoms with Crippen LogP contribution >= 0.6 is 23.1 Å². The first-order chi connectivity index (χ1) is 10.3. The fraction of sp³-hybridized carbons (Fsp3) is 0.500. The molecule has 1 amide bonds. The highest BCUT2D eigenvalue weighted by molar-refractivity contribution is 8.02. The summed E-state index contributed by atoms with van der Waals surface area (Å²) in [7, 11) is 0. The number of carbonyl (C=O) groups is 1. The smallest absolute Gasteiger partial charge is 0.233 e. The average molecular weight is 340 g/mol. The fourth-order valence-electron chi connectivity index (χ4n) is 1.58. The van der Waals surface area contributed by atoms with Gasteiger partial charge in [-0.1, -0.05) is 23.1 Å². The van der Waals surface area contributed by atoms with Crippen LogP contribution in [0, 0.1) is 0 Å². The largest absolute Gasteiger partial charge is 0.467 e. The van der Waals surface area contributed by atoms with E-state index < -0.39 is 0 Å². The van der Waals surface area contributed by atoms with Gasteiger partial charge in [0.1, 0.15) is 5.76 Å². The summed E-state index contributed by atoms with van der Waals surface area (Å²) >= 11 is 2.83. The number of furan rings is 1. The van der Waals surface area contributed by atoms with Gasteiger partial charge in [-0.3, -0.25) is 4.79 Å². The van der Waals surface area contributed by atoms with E-state index in [1.165, 1.54) is 23.1 Å². The Morgan fingerprint density at radius 3 is 2.86 bits per heavy atom. The van der Waals surface area contributed by atoms with E-state index in [1.54, 1.807) is 6.26 Å². The Morgan fingerprint density at radius 2 is 2.23 bits per heavy atom. The number of anilines is 1. The van der Waals surface area contributed by atoms with Crippen LogP contribution in [0.3, 0.4) is 0 Å². The molecule has 2 aromatic heterocycles. The third-order valence-corrected chi connectivity index (χ3v) is 4.61. The van der Waals surface area contributed by atoms with Gasteiger partial charge in [0.25, 0.3) is 0 Å². The predicted molar refractivity (Wildman–Crippen MR) is 89.2 cm³/mol. The number of hydrogen-bond acceptors (Lipinski definition) is 7. The van der Waals surface area contributed by atoms with Crippen LogP contribution in [0.4, 0.5) is 5.13 Å². The van der Waals surface area contributed by atoms with Crippen LogP contribution in [0.25, 0.3) is 0 Å². The SMILES string of the molecule is C[C@@H](Sc1nnc(NCc2ccco2)s1)C(=O)NC(C)(C)C. The zero-order valence-electron chi connectivity index (χ0n) is 13.0. The van der Waals surface area contributed by atoms with Crippen LogP contribution in [0.5, 0.6) is 0 Å². The first-order valence-electron chi connectivity index (χ1n) is 6.92. The molecule has 0 radical (unpaired) electrons. The van der Waals surface area contributed by atoms with Gasteiger partial charge in [-0.25, -0.2) is 0 Å². The number of nitrogens with zero attached hydrogens (tertiary/aromatic N) is 2. The van der Waals surface area contributed by atoms with Gasteiger partial charge in [-0.2, -0.15) is 0 Å². The van der Waals surface area contributed by atoms with E-state index >= 15 is 0 Å². The molecule has 0 bridgehead atoms. The van der Waals surface area contributed by atoms with Crippen molar-refractivity contribution < 1.29 is 9.21 Å². The van der Waals surface area contributed by atoms with Gasteiger partial charge in [0.2, 0.25) is 11.0 Å². The highest BCUT2D eigenvalue weighted by atomic mass is 32.2. The van der Waals surface area contributed by atoms with Crippen molar-refractivity contribution >= 4 is 34.1 Å². The second-order valence-corrected chi connectivity index (χ2v) is 8.37. The Kier molecular flexibility index (Phi) is 5.47. The Bertz CT molecular complexity index is 605. The van der Waals surface area contributed by atoms with E-state index in [1.807, 2.05) is 39.8 Å². The molecule has 0 unspecified atom stereocenters. The zero-order chi connectivity index (χ0) is 16.2. The van der Waals surface area contributed by atoms with Crippen molar-refractivity contribution in [3.8, 4) is 0 Å². The van der Waals surface area contributed by atoms with Crippen molar-refractivity contribution in [3.05, 3.63) is 24.2 Å². The normalized spacial score (nSPS) is 12.9. The summed E-state index contributed by atoms with van der Waals surface area (Å²) in [6.45, 7) is 8.31. The lowest BCUT2D eigenvalue weighted by molar-refractivity contribution is -0.121. The molecule has 0 saturated heterocycles. The fourth-order valence-corrected chi connectivity index (χ4v) is 3.47. The molecule has 0 fully saturated rings. The predicted octanol–water partition coefficient (Wildman–Crippen LogP) is 3.14. The van der Waals surface area contributed by atoms with Crippen molar-refractivity contribution in [1.29, 1.82) is 0 Å². The summed E-state index contributed by atoms with van der Waals surface area (Å²) < 4.78 is 6.00. The Balaban J connectivity index is 1.84. The summed E-state index contributed by atoms with van der Waals surface area (Å²) in [5.74, 6) is 0.833. The molecule has 22 heavy (non-hydrogen) atoms.